The molecule has 0 radical (unpaired) electrons. The zero-order chi connectivity index (χ0) is 14.6. The van der Waals surface area contributed by atoms with Crippen LogP contribution in [0.2, 0.25) is 0 Å². The first-order valence-corrected chi connectivity index (χ1v) is 7.28. The quantitative estimate of drug-likeness (QED) is 0.845. The van der Waals surface area contributed by atoms with Crippen LogP contribution in [0.3, 0.4) is 0 Å². The molecule has 19 heavy (non-hydrogen) atoms. The third-order valence-electron chi connectivity index (χ3n) is 3.05. The van der Waals surface area contributed by atoms with Gasteiger partial charge in [0.1, 0.15) is 4.60 Å². The summed E-state index contributed by atoms with van der Waals surface area (Å²) in [6.45, 7) is 8.45. The van der Waals surface area contributed by atoms with E-state index in [0.29, 0.717) is 6.54 Å². The van der Waals surface area contributed by atoms with Crippen LogP contribution in [0.5, 0.6) is 0 Å². The van der Waals surface area contributed by atoms with Crippen LogP contribution >= 0.6 is 15.9 Å². The molecule has 5 heteroatoms. The lowest BCUT2D eigenvalue weighted by Gasteiger charge is -2.30. The predicted molar refractivity (Wildman–Crippen MR) is 80.4 cm³/mol. The summed E-state index contributed by atoms with van der Waals surface area (Å²) in [5, 5.41) is 0. The van der Waals surface area contributed by atoms with Crippen molar-refractivity contribution in [2.75, 3.05) is 0 Å². The van der Waals surface area contributed by atoms with Crippen molar-refractivity contribution in [3.63, 3.8) is 0 Å². The van der Waals surface area contributed by atoms with Gasteiger partial charge in [-0.3, -0.25) is 4.79 Å². The first-order valence-electron chi connectivity index (χ1n) is 6.49. The summed E-state index contributed by atoms with van der Waals surface area (Å²) in [6.07, 6.45) is 1.77. The SMILES string of the molecule is CC(C)C(N)C(=O)N(Cc1ccc(Br)nc1)C(C)C. The largest absolute Gasteiger partial charge is 0.335 e. The van der Waals surface area contributed by atoms with Crippen molar-refractivity contribution >= 4 is 21.8 Å². The van der Waals surface area contributed by atoms with Gasteiger partial charge in [0.05, 0.1) is 6.04 Å². The molecule has 2 N–H and O–H groups in total. The Kier molecular flexibility index (Phi) is 5.94. The molecule has 0 aromatic carbocycles. The molecular weight excluding hydrogens is 306 g/mol. The Morgan fingerprint density at radius 3 is 2.42 bits per heavy atom. The monoisotopic (exact) mass is 327 g/mol. The first-order chi connectivity index (χ1) is 8.82. The summed E-state index contributed by atoms with van der Waals surface area (Å²) in [7, 11) is 0. The Morgan fingerprint density at radius 1 is 1.37 bits per heavy atom. The average Bonchev–Trinajstić information content (AvgIpc) is 2.35. The smallest absolute Gasteiger partial charge is 0.240 e. The van der Waals surface area contributed by atoms with Crippen molar-refractivity contribution in [1.29, 1.82) is 0 Å². The van der Waals surface area contributed by atoms with Crippen molar-refractivity contribution in [2.45, 2.75) is 46.3 Å². The molecule has 0 saturated heterocycles. The van der Waals surface area contributed by atoms with Crippen LogP contribution < -0.4 is 5.73 Å². The number of halogens is 1. The number of pyridine rings is 1. The van der Waals surface area contributed by atoms with Gasteiger partial charge >= 0.3 is 0 Å². The van der Waals surface area contributed by atoms with E-state index in [0.717, 1.165) is 10.2 Å². The Hall–Kier alpha value is -0.940. The van der Waals surface area contributed by atoms with Crippen molar-refractivity contribution in [3.05, 3.63) is 28.5 Å². The van der Waals surface area contributed by atoms with Crippen molar-refractivity contribution in [3.8, 4) is 0 Å². The van der Waals surface area contributed by atoms with Crippen molar-refractivity contribution < 1.29 is 4.79 Å². The van der Waals surface area contributed by atoms with Crippen molar-refractivity contribution in [2.24, 2.45) is 11.7 Å². The highest BCUT2D eigenvalue weighted by atomic mass is 79.9. The normalized spacial score (nSPS) is 12.8. The number of carbonyl (C=O) groups excluding carboxylic acids is 1. The third kappa shape index (κ3) is 4.58. The summed E-state index contributed by atoms with van der Waals surface area (Å²) in [4.78, 5) is 18.3. The number of hydrogen-bond donors (Lipinski definition) is 1. The van der Waals surface area contributed by atoms with Crippen LogP contribution in [-0.2, 0) is 11.3 Å². The van der Waals surface area contributed by atoms with E-state index < -0.39 is 6.04 Å². The zero-order valence-corrected chi connectivity index (χ0v) is 13.5. The van der Waals surface area contributed by atoms with E-state index in [1.165, 1.54) is 0 Å². The maximum atomic E-state index is 12.4. The minimum Gasteiger partial charge on any atom is -0.335 e. The van der Waals surface area contributed by atoms with E-state index in [1.54, 1.807) is 11.1 Å². The summed E-state index contributed by atoms with van der Waals surface area (Å²) < 4.78 is 0.789. The molecule has 0 spiro atoms. The fraction of sp³-hybridized carbons (Fsp3) is 0.571. The molecule has 106 valence electrons. The molecule has 1 atom stereocenters. The molecule has 0 aliphatic rings. The summed E-state index contributed by atoms with van der Waals surface area (Å²) in [5.74, 6) is 0.129. The van der Waals surface area contributed by atoms with E-state index in [-0.39, 0.29) is 17.9 Å². The number of amides is 1. The zero-order valence-electron chi connectivity index (χ0n) is 11.9. The van der Waals surface area contributed by atoms with Crippen molar-refractivity contribution in [1.82, 2.24) is 9.88 Å². The second kappa shape index (κ2) is 7.01. The van der Waals surface area contributed by atoms with Gasteiger partial charge < -0.3 is 10.6 Å². The molecule has 4 nitrogen and oxygen atoms in total. The minimum absolute atomic E-state index is 0.00656. The fourth-order valence-electron chi connectivity index (χ4n) is 1.69. The number of nitrogens with zero attached hydrogens (tertiary/aromatic N) is 2. The maximum absolute atomic E-state index is 12.4. The Balaban J connectivity index is 2.84. The summed E-state index contributed by atoms with van der Waals surface area (Å²) in [5.41, 5.74) is 6.96. The van der Waals surface area contributed by atoms with E-state index in [2.05, 4.69) is 20.9 Å². The molecule has 0 fully saturated rings. The lowest BCUT2D eigenvalue weighted by atomic mass is 10.0. The standard InChI is InChI=1S/C14H22BrN3O/c1-9(2)13(16)14(19)18(10(3)4)8-11-5-6-12(15)17-7-11/h5-7,9-10,13H,8,16H2,1-4H3. The van der Waals surface area contributed by atoms with Crippen LogP contribution in [-0.4, -0.2) is 27.9 Å². The lowest BCUT2D eigenvalue weighted by molar-refractivity contribution is -0.136. The van der Waals surface area contributed by atoms with Gasteiger partial charge in [-0.05, 0) is 47.3 Å². The summed E-state index contributed by atoms with van der Waals surface area (Å²) >= 11 is 3.30. The van der Waals surface area contributed by atoms with Gasteiger partial charge in [-0.15, -0.1) is 0 Å². The first kappa shape index (κ1) is 16.1. The molecule has 1 aromatic heterocycles. The summed E-state index contributed by atoms with van der Waals surface area (Å²) in [6, 6.07) is 3.49. The van der Waals surface area contributed by atoms with Gasteiger partial charge in [-0.1, -0.05) is 19.9 Å². The van der Waals surface area contributed by atoms with Gasteiger partial charge in [0.2, 0.25) is 5.91 Å². The second-order valence-corrected chi connectivity index (χ2v) is 6.13. The Morgan fingerprint density at radius 2 is 2.00 bits per heavy atom. The lowest BCUT2D eigenvalue weighted by Crippen LogP contribution is -2.48. The Labute approximate surface area is 123 Å². The maximum Gasteiger partial charge on any atom is 0.240 e. The van der Waals surface area contributed by atoms with E-state index >= 15 is 0 Å². The van der Waals surface area contributed by atoms with E-state index in [9.17, 15) is 4.79 Å². The van der Waals surface area contributed by atoms with Gasteiger partial charge in [0, 0.05) is 18.8 Å². The molecule has 0 saturated carbocycles. The van der Waals surface area contributed by atoms with Gasteiger partial charge in [-0.2, -0.15) is 0 Å². The molecule has 0 aliphatic heterocycles. The fourth-order valence-corrected chi connectivity index (χ4v) is 1.92. The molecule has 0 bridgehead atoms. The van der Waals surface area contributed by atoms with E-state index in [4.69, 9.17) is 5.73 Å². The minimum atomic E-state index is -0.453. The number of nitrogens with two attached hydrogens (primary N) is 1. The third-order valence-corrected chi connectivity index (χ3v) is 3.52. The molecule has 1 unspecified atom stereocenters. The average molecular weight is 328 g/mol. The van der Waals surface area contributed by atoms with Crippen LogP contribution in [0.15, 0.2) is 22.9 Å². The number of rotatable bonds is 5. The molecular formula is C14H22BrN3O. The predicted octanol–water partition coefficient (Wildman–Crippen LogP) is 2.56. The molecule has 1 amide bonds. The van der Waals surface area contributed by atoms with Gasteiger partial charge in [0.25, 0.3) is 0 Å². The van der Waals surface area contributed by atoms with Crippen LogP contribution in [0, 0.1) is 5.92 Å². The van der Waals surface area contributed by atoms with E-state index in [1.807, 2.05) is 39.8 Å². The molecule has 1 rings (SSSR count). The van der Waals surface area contributed by atoms with Gasteiger partial charge in [-0.25, -0.2) is 4.98 Å². The molecule has 1 aromatic rings. The topological polar surface area (TPSA) is 59.2 Å². The number of hydrogen-bond acceptors (Lipinski definition) is 3. The van der Waals surface area contributed by atoms with Crippen LogP contribution in [0.1, 0.15) is 33.3 Å². The van der Waals surface area contributed by atoms with Crippen LogP contribution in [0.4, 0.5) is 0 Å². The highest BCUT2D eigenvalue weighted by molar-refractivity contribution is 9.10. The number of carbonyl (C=O) groups is 1. The highest BCUT2D eigenvalue weighted by Crippen LogP contribution is 2.13. The number of aromatic nitrogens is 1. The van der Waals surface area contributed by atoms with Gasteiger partial charge in [0.15, 0.2) is 0 Å². The molecule has 1 heterocycles. The Bertz CT molecular complexity index is 417. The van der Waals surface area contributed by atoms with Crippen LogP contribution in [0.25, 0.3) is 0 Å². The molecule has 0 aliphatic carbocycles. The second-order valence-electron chi connectivity index (χ2n) is 5.32. The highest BCUT2D eigenvalue weighted by Gasteiger charge is 2.25.